The molecule has 2 aliphatic heterocycles. The molecular formula is C122H139BN4. The van der Waals surface area contributed by atoms with Crippen LogP contribution in [0.1, 0.15) is 301 Å². The van der Waals surface area contributed by atoms with Gasteiger partial charge in [0.25, 0.3) is 6.71 Å². The third kappa shape index (κ3) is 15.8. The third-order valence-electron chi connectivity index (χ3n) is 27.4. The highest BCUT2D eigenvalue weighted by molar-refractivity contribution is 7.00. The zero-order chi connectivity index (χ0) is 98.6. The van der Waals surface area contributed by atoms with Gasteiger partial charge < -0.3 is 18.9 Å². The van der Waals surface area contributed by atoms with E-state index in [1.807, 2.05) is 6.07 Å². The maximum Gasteiger partial charge on any atom is 0.252 e. The molecule has 2 aromatic heterocycles. The number of fused-ring (bicyclic) bond motifs is 10. The molecule has 0 spiro atoms. The highest BCUT2D eigenvalue weighted by Crippen LogP contribution is 2.58. The molecule has 4 heterocycles. The van der Waals surface area contributed by atoms with E-state index in [9.17, 15) is 11.0 Å². The number of anilines is 6. The molecule has 0 fully saturated rings. The van der Waals surface area contributed by atoms with E-state index < -0.39 is 41.7 Å². The van der Waals surface area contributed by atoms with Crippen molar-refractivity contribution in [3.8, 4) is 55.9 Å². The molecular weight excluding hydrogens is 1530 g/mol. The van der Waals surface area contributed by atoms with E-state index in [1.54, 1.807) is 4.57 Å². The second-order valence-electron chi connectivity index (χ2n) is 48.4. The molecule has 13 aromatic carbocycles. The van der Waals surface area contributed by atoms with E-state index in [1.165, 1.54) is 60.8 Å². The summed E-state index contributed by atoms with van der Waals surface area (Å²) in [6, 6.07) is 73.0. The van der Waals surface area contributed by atoms with Gasteiger partial charge in [0.15, 0.2) is 0 Å². The first-order valence-corrected chi connectivity index (χ1v) is 46.3. The predicted octanol–water partition coefficient (Wildman–Crippen LogP) is 32.9. The Bertz CT molecular complexity index is 7230. The lowest BCUT2D eigenvalue weighted by molar-refractivity contribution is 0.568. The van der Waals surface area contributed by atoms with Crippen molar-refractivity contribution in [2.24, 2.45) is 0 Å². The van der Waals surface area contributed by atoms with Gasteiger partial charge in [0.2, 0.25) is 0 Å². The fraction of sp³-hybridized carbons (Fsp3) is 0.361. The number of benzene rings is 13. The van der Waals surface area contributed by atoms with Gasteiger partial charge in [-0.2, -0.15) is 0 Å². The van der Waals surface area contributed by atoms with Crippen LogP contribution < -0.4 is 26.2 Å². The zero-order valence-electron chi connectivity index (χ0n) is 90.3. The molecule has 0 unspecified atom stereocenters. The van der Waals surface area contributed by atoms with Gasteiger partial charge >= 0.3 is 0 Å². The van der Waals surface area contributed by atoms with Crippen molar-refractivity contribution in [2.75, 3.05) is 9.80 Å². The summed E-state index contributed by atoms with van der Waals surface area (Å²) in [7, 11) is 0. The Kier molecular flexibility index (Phi) is 18.4. The quantitative estimate of drug-likeness (QED) is 0.141. The minimum absolute atomic E-state index is 0.0145. The molecule has 0 saturated heterocycles. The average molecular weight is 1680 g/mol. The molecule has 5 heteroatoms. The van der Waals surface area contributed by atoms with Crippen molar-refractivity contribution in [1.82, 2.24) is 9.13 Å². The van der Waals surface area contributed by atoms with Crippen molar-refractivity contribution in [2.45, 2.75) is 288 Å². The molecule has 127 heavy (non-hydrogen) atoms. The van der Waals surface area contributed by atoms with E-state index in [0.717, 1.165) is 123 Å². The minimum Gasteiger partial charge on any atom is -0.310 e. The van der Waals surface area contributed by atoms with Gasteiger partial charge in [-0.05, 0) is 256 Å². The summed E-state index contributed by atoms with van der Waals surface area (Å²) in [5.74, 6) is 0. The van der Waals surface area contributed by atoms with Crippen LogP contribution in [-0.4, -0.2) is 15.8 Å². The smallest absolute Gasteiger partial charge is 0.252 e. The lowest BCUT2D eigenvalue weighted by Gasteiger charge is -2.47. The van der Waals surface area contributed by atoms with Crippen LogP contribution in [-0.2, 0) is 59.6 Å². The molecule has 0 bridgehead atoms. The monoisotopic (exact) mass is 1680 g/mol. The summed E-state index contributed by atoms with van der Waals surface area (Å²) in [5.41, 5.74) is 31.0. The molecule has 15 aromatic rings. The maximum atomic E-state index is 10.2. The number of nitrogens with zero attached hydrogens (tertiary/aromatic N) is 4. The Morgan fingerprint density at radius 3 is 0.787 bits per heavy atom. The van der Waals surface area contributed by atoms with Gasteiger partial charge in [-0.1, -0.05) is 374 Å². The molecule has 17 rings (SSSR count). The van der Waals surface area contributed by atoms with E-state index in [-0.39, 0.29) is 94.7 Å². The fourth-order valence-corrected chi connectivity index (χ4v) is 19.2. The van der Waals surface area contributed by atoms with Crippen LogP contribution in [0.2, 0.25) is 0 Å². The van der Waals surface area contributed by atoms with Crippen molar-refractivity contribution in [3.63, 3.8) is 0 Å². The lowest BCUT2D eigenvalue weighted by Crippen LogP contribution is -2.61. The van der Waals surface area contributed by atoms with Crippen LogP contribution in [0, 0.1) is 0 Å². The summed E-state index contributed by atoms with van der Waals surface area (Å²) >= 11 is 0. The van der Waals surface area contributed by atoms with Crippen molar-refractivity contribution in [3.05, 3.63) is 304 Å². The first-order valence-electron chi connectivity index (χ1n) is 50.3. The van der Waals surface area contributed by atoms with Gasteiger partial charge in [0, 0.05) is 77.9 Å². The van der Waals surface area contributed by atoms with Gasteiger partial charge in [0.05, 0.1) is 44.4 Å². The van der Waals surface area contributed by atoms with Crippen molar-refractivity contribution in [1.29, 1.82) is 0 Å². The highest BCUT2D eigenvalue weighted by atomic mass is 15.2. The second-order valence-corrected chi connectivity index (χ2v) is 48.4. The normalized spacial score (nSPS) is 14.9. The molecule has 0 atom stereocenters. The fourth-order valence-electron chi connectivity index (χ4n) is 19.2. The van der Waals surface area contributed by atoms with Crippen LogP contribution in [0.15, 0.2) is 242 Å². The first kappa shape index (κ1) is 78.4. The Morgan fingerprint density at radius 2 is 0.480 bits per heavy atom. The van der Waals surface area contributed by atoms with Gasteiger partial charge in [-0.25, -0.2) is 0 Å². The number of aromatic nitrogens is 2. The van der Waals surface area contributed by atoms with Crippen LogP contribution in [0.4, 0.5) is 34.1 Å². The average Bonchev–Trinajstić information content (AvgIpc) is 1.61. The third-order valence-corrected chi connectivity index (χ3v) is 27.4. The largest absolute Gasteiger partial charge is 0.310 e. The van der Waals surface area contributed by atoms with E-state index in [4.69, 9.17) is 0 Å². The highest BCUT2D eigenvalue weighted by Gasteiger charge is 2.48. The Hall–Kier alpha value is -10.9. The molecule has 0 amide bonds. The number of rotatable bonds is 8. The maximum absolute atomic E-state index is 10.2. The van der Waals surface area contributed by atoms with E-state index >= 15 is 0 Å². The number of hydrogen-bond acceptors (Lipinski definition) is 2. The molecule has 0 saturated carbocycles. The molecule has 2 aliphatic rings. The molecule has 650 valence electrons. The predicted molar refractivity (Wildman–Crippen MR) is 557 cm³/mol. The summed E-state index contributed by atoms with van der Waals surface area (Å²) in [4.78, 5) is 5.29. The van der Waals surface area contributed by atoms with Crippen molar-refractivity contribution >= 4 is 101 Å². The Balaban J connectivity index is 1.15. The van der Waals surface area contributed by atoms with Gasteiger partial charge in [-0.3, -0.25) is 0 Å². The first-order chi connectivity index (χ1) is 62.2. The standard InChI is InChI=1S/C122H139BN4/c1-112(2,3)78-46-42-74(43-47-78)93-66-86(120(25,26)27)68-95(76-58-82(116(13,14)15)62-83(59-76)117(16,17)18)110(93)126-105-72-89(124-101-40-36-34-38-91(101)92-39-35-37-41-102(92)124)52-54-99(105)123-100-55-53-90(125-103-56-50-80(114(7,8)9)64-97(103)98-65-81(115(10,11)12)51-57-104(98)125)73-106(100)127(108-71-88(122(31,32)33)70-107(126)109(108)123)111-94(75-44-48-79(49-45-75)113(4,5)6)67-87(121(28,29)30)69-96(111)77-60-84(118(19,20)21)63-85(61-77)119(22,23)24/h34-73H,1-33H3/i34D,35D,36D,37D,38D,39D,40D,41D. The molecule has 0 aliphatic carbocycles. The Labute approximate surface area is 773 Å². The topological polar surface area (TPSA) is 16.3 Å². The molecule has 4 nitrogen and oxygen atoms in total. The lowest BCUT2D eigenvalue weighted by atomic mass is 9.33. The summed E-state index contributed by atoms with van der Waals surface area (Å²) in [6.07, 6.45) is 0. The second kappa shape index (κ2) is 29.9. The summed E-state index contributed by atoms with van der Waals surface area (Å²) < 4.78 is 82.1. The van der Waals surface area contributed by atoms with E-state index in [0.29, 0.717) is 5.69 Å². The number of hydrogen-bond donors (Lipinski definition) is 0. The molecule has 0 radical (unpaired) electrons. The number of para-hydroxylation sites is 2. The van der Waals surface area contributed by atoms with Crippen LogP contribution in [0.3, 0.4) is 0 Å². The van der Waals surface area contributed by atoms with Crippen LogP contribution in [0.5, 0.6) is 0 Å². The van der Waals surface area contributed by atoms with Crippen LogP contribution in [0.25, 0.3) is 99.5 Å². The van der Waals surface area contributed by atoms with E-state index in [2.05, 4.69) is 431 Å². The summed E-state index contributed by atoms with van der Waals surface area (Å²) in [6.45, 7) is 76.0. The van der Waals surface area contributed by atoms with Gasteiger partial charge in [0.1, 0.15) is 0 Å². The SMILES string of the molecule is [2H]c1c([2H])c([2H])c2c(c1[2H])c1c([2H])c([2H])c([2H])c([2H])c1n2-c1ccc2c(c1)N(c1c(-c3ccc(C(C)(C)C)cc3)cc(C(C)(C)C)cc1-c1cc(C(C)(C)C)cc(C(C)(C)C)c1)c1cc(C(C)(C)C)cc3c1B2c1ccc(-n2c4ccc(C(C)(C)C)cc4c4cc(C(C)(C)C)ccc42)cc1N3c1c(-c2ccc(C(C)(C)C)cc2)cc(C(C)(C)C)cc1-c1cc(C(C)(C)C)cc(C(C)(C)C)c1. The zero-order valence-corrected chi connectivity index (χ0v) is 82.3. The van der Waals surface area contributed by atoms with Crippen molar-refractivity contribution < 1.29 is 11.0 Å². The molecule has 0 N–H and O–H groups in total. The summed E-state index contributed by atoms with van der Waals surface area (Å²) in [5, 5.41) is 2.40. The Morgan fingerprint density at radius 1 is 0.213 bits per heavy atom. The van der Waals surface area contributed by atoms with Crippen LogP contribution >= 0.6 is 0 Å². The minimum atomic E-state index is -0.564. The van der Waals surface area contributed by atoms with Gasteiger partial charge in [-0.15, -0.1) is 0 Å².